The quantitative estimate of drug-likeness (QED) is 0.413. The zero-order valence-electron chi connectivity index (χ0n) is 15.5. The second-order valence-electron chi connectivity index (χ2n) is 7.65. The molecule has 5 N–H and O–H groups in total. The summed E-state index contributed by atoms with van der Waals surface area (Å²) < 4.78 is 27.1. The normalized spacial score (nSPS) is 27.1. The second kappa shape index (κ2) is 6.96. The number of halogens is 2. The number of carbonyl (C=O) groups excluding carboxylic acids is 1. The summed E-state index contributed by atoms with van der Waals surface area (Å²) in [4.78, 5) is 20.9. The van der Waals surface area contributed by atoms with Gasteiger partial charge in [0.25, 0.3) is 5.91 Å². The van der Waals surface area contributed by atoms with E-state index in [1.54, 1.807) is 0 Å². The van der Waals surface area contributed by atoms with Crippen LogP contribution in [0.3, 0.4) is 0 Å². The molecule has 0 aliphatic heterocycles. The molecule has 5 atom stereocenters. The number of nitrogens with one attached hydrogen (secondary N) is 3. The van der Waals surface area contributed by atoms with Crippen LogP contribution in [0, 0.1) is 23.5 Å². The summed E-state index contributed by atoms with van der Waals surface area (Å²) in [5.74, 6) is -1.37. The molecule has 1 aromatic carbocycles. The number of aromatic nitrogens is 4. The van der Waals surface area contributed by atoms with Crippen LogP contribution in [-0.2, 0) is 6.54 Å². The number of carbonyl (C=O) groups is 1. The van der Waals surface area contributed by atoms with Crippen LogP contribution in [0.25, 0.3) is 11.0 Å². The Kier molecular flexibility index (Phi) is 4.36. The molecule has 3 aromatic rings. The molecule has 156 valence electrons. The van der Waals surface area contributed by atoms with Crippen molar-refractivity contribution in [2.24, 2.45) is 11.8 Å². The van der Waals surface area contributed by atoms with Gasteiger partial charge in [-0.2, -0.15) is 5.10 Å². The lowest BCUT2D eigenvalue weighted by Crippen LogP contribution is -2.38. The van der Waals surface area contributed by atoms with Gasteiger partial charge >= 0.3 is 0 Å². The summed E-state index contributed by atoms with van der Waals surface area (Å²) >= 11 is 0. The number of H-pyrrole nitrogens is 1. The minimum absolute atomic E-state index is 0.00427. The van der Waals surface area contributed by atoms with E-state index in [-0.39, 0.29) is 35.3 Å². The molecule has 2 saturated carbocycles. The van der Waals surface area contributed by atoms with Crippen molar-refractivity contribution >= 4 is 22.8 Å². The molecule has 0 unspecified atom stereocenters. The molecule has 9 nitrogen and oxygen atoms in total. The van der Waals surface area contributed by atoms with E-state index in [9.17, 15) is 23.8 Å². The number of rotatable bonds is 5. The number of hydrogen-bond donors (Lipinski definition) is 5. The van der Waals surface area contributed by atoms with Crippen molar-refractivity contribution in [3.63, 3.8) is 0 Å². The fourth-order valence-electron chi connectivity index (χ4n) is 4.18. The number of aliphatic hydroxyl groups excluding tert-OH is 2. The largest absolute Gasteiger partial charge is 0.390 e. The first-order valence-corrected chi connectivity index (χ1v) is 9.48. The zero-order chi connectivity index (χ0) is 21.0. The molecule has 0 saturated heterocycles. The van der Waals surface area contributed by atoms with Gasteiger partial charge < -0.3 is 20.8 Å². The molecule has 2 aromatic heterocycles. The highest BCUT2D eigenvalue weighted by atomic mass is 19.1. The molecule has 2 aliphatic carbocycles. The van der Waals surface area contributed by atoms with E-state index in [1.165, 1.54) is 6.33 Å². The van der Waals surface area contributed by atoms with Gasteiger partial charge in [-0.15, -0.1) is 0 Å². The van der Waals surface area contributed by atoms with Crippen molar-refractivity contribution in [1.82, 2.24) is 25.5 Å². The summed E-state index contributed by atoms with van der Waals surface area (Å²) in [5, 5.41) is 32.8. The number of aliphatic hydroxyl groups is 2. The summed E-state index contributed by atoms with van der Waals surface area (Å²) in [6.45, 7) is -0.226. The van der Waals surface area contributed by atoms with Crippen LogP contribution in [0.5, 0.6) is 0 Å². The van der Waals surface area contributed by atoms with Gasteiger partial charge in [-0.05, 0) is 36.5 Å². The third-order valence-electron chi connectivity index (χ3n) is 5.84. The fraction of sp³-hybridized carbons (Fsp3) is 0.368. The van der Waals surface area contributed by atoms with E-state index < -0.39 is 35.8 Å². The SMILES string of the molecule is O=C(NCc1cc(F)ccc1F)c1[nH]nc2ncnc(N[C@H]3[C@H](O)[C@H](O)[C@@H]4C[C@@H]43)c12. The Morgan fingerprint density at radius 1 is 1.20 bits per heavy atom. The lowest BCUT2D eigenvalue weighted by atomic mass is 10.1. The van der Waals surface area contributed by atoms with Crippen molar-refractivity contribution in [2.75, 3.05) is 5.32 Å². The van der Waals surface area contributed by atoms with Crippen LogP contribution in [0.1, 0.15) is 22.5 Å². The topological polar surface area (TPSA) is 136 Å². The highest BCUT2D eigenvalue weighted by molar-refractivity contribution is 6.07. The van der Waals surface area contributed by atoms with Crippen LogP contribution >= 0.6 is 0 Å². The number of nitrogens with zero attached hydrogens (tertiary/aromatic N) is 3. The standard InChI is InChI=1S/C19H18F2N6O3/c20-8-1-2-11(21)7(3-8)5-22-19(30)14-12-17(23-6-24-18(12)27-26-14)25-13-9-4-10(9)15(28)16(13)29/h1-3,6,9-10,13,15-16,28-29H,4-5H2,(H,22,30)(H2,23,24,25,26,27)/t9-,10+,13+,15+,16-/m0/s1. The predicted octanol–water partition coefficient (Wildman–Crippen LogP) is 0.713. The third-order valence-corrected chi connectivity index (χ3v) is 5.84. The fourth-order valence-corrected chi connectivity index (χ4v) is 4.18. The van der Waals surface area contributed by atoms with Gasteiger partial charge in [-0.25, -0.2) is 18.7 Å². The lowest BCUT2D eigenvalue weighted by molar-refractivity contribution is 0.0201. The molecule has 2 aliphatic rings. The first kappa shape index (κ1) is 18.8. The van der Waals surface area contributed by atoms with E-state index in [4.69, 9.17) is 0 Å². The first-order chi connectivity index (χ1) is 14.4. The Labute approximate surface area is 168 Å². The molecule has 11 heteroatoms. The highest BCUT2D eigenvalue weighted by Gasteiger charge is 2.59. The van der Waals surface area contributed by atoms with E-state index in [0.29, 0.717) is 11.2 Å². The molecule has 0 spiro atoms. The predicted molar refractivity (Wildman–Crippen MR) is 100 cm³/mol. The molecular weight excluding hydrogens is 398 g/mol. The number of amides is 1. The molecule has 2 fully saturated rings. The van der Waals surface area contributed by atoms with Gasteiger partial charge in [0.2, 0.25) is 0 Å². The van der Waals surface area contributed by atoms with Gasteiger partial charge in [-0.1, -0.05) is 0 Å². The van der Waals surface area contributed by atoms with Crippen LogP contribution in [0.4, 0.5) is 14.6 Å². The minimum Gasteiger partial charge on any atom is -0.390 e. The summed E-state index contributed by atoms with van der Waals surface area (Å²) in [6.07, 6.45) is 0.344. The smallest absolute Gasteiger partial charge is 0.270 e. The van der Waals surface area contributed by atoms with Gasteiger partial charge in [0.1, 0.15) is 35.6 Å². The summed E-state index contributed by atoms with van der Waals surface area (Å²) in [5.41, 5.74) is 0.282. The van der Waals surface area contributed by atoms with Crippen molar-refractivity contribution in [3.8, 4) is 0 Å². The summed E-state index contributed by atoms with van der Waals surface area (Å²) in [6, 6.07) is 2.59. The van der Waals surface area contributed by atoms with Crippen molar-refractivity contribution < 1.29 is 23.8 Å². The Hall–Kier alpha value is -3.18. The average Bonchev–Trinajstić information content (AvgIpc) is 3.34. The molecule has 30 heavy (non-hydrogen) atoms. The van der Waals surface area contributed by atoms with Crippen molar-refractivity contribution in [2.45, 2.75) is 31.2 Å². The van der Waals surface area contributed by atoms with Gasteiger partial charge in [0, 0.05) is 12.1 Å². The Balaban J connectivity index is 1.40. The molecular formula is C19H18F2N6O3. The van der Waals surface area contributed by atoms with Crippen molar-refractivity contribution in [1.29, 1.82) is 0 Å². The highest BCUT2D eigenvalue weighted by Crippen LogP contribution is 2.52. The van der Waals surface area contributed by atoms with Crippen LogP contribution in [0.2, 0.25) is 0 Å². The second-order valence-corrected chi connectivity index (χ2v) is 7.65. The number of hydrogen-bond acceptors (Lipinski definition) is 7. The van der Waals surface area contributed by atoms with Gasteiger partial charge in [-0.3, -0.25) is 9.89 Å². The molecule has 0 radical (unpaired) electrons. The first-order valence-electron chi connectivity index (χ1n) is 9.48. The molecule has 0 bridgehead atoms. The third kappa shape index (κ3) is 3.06. The lowest BCUT2D eigenvalue weighted by Gasteiger charge is -2.22. The van der Waals surface area contributed by atoms with Gasteiger partial charge in [0.05, 0.1) is 17.5 Å². The van der Waals surface area contributed by atoms with Crippen LogP contribution in [-0.4, -0.2) is 54.5 Å². The van der Waals surface area contributed by atoms with E-state index in [1.807, 2.05) is 0 Å². The zero-order valence-corrected chi connectivity index (χ0v) is 15.5. The minimum atomic E-state index is -0.945. The maximum Gasteiger partial charge on any atom is 0.270 e. The maximum absolute atomic E-state index is 13.8. The Morgan fingerprint density at radius 3 is 2.80 bits per heavy atom. The number of fused-ring (bicyclic) bond motifs is 2. The van der Waals surface area contributed by atoms with E-state index in [2.05, 4.69) is 30.8 Å². The summed E-state index contributed by atoms with van der Waals surface area (Å²) in [7, 11) is 0. The molecule has 1 amide bonds. The van der Waals surface area contributed by atoms with Crippen LogP contribution < -0.4 is 10.6 Å². The Morgan fingerprint density at radius 2 is 2.03 bits per heavy atom. The van der Waals surface area contributed by atoms with Gasteiger partial charge in [0.15, 0.2) is 5.65 Å². The van der Waals surface area contributed by atoms with E-state index >= 15 is 0 Å². The maximum atomic E-state index is 13.8. The number of anilines is 1. The molecule has 5 rings (SSSR count). The van der Waals surface area contributed by atoms with E-state index in [0.717, 1.165) is 24.6 Å². The van der Waals surface area contributed by atoms with Crippen molar-refractivity contribution in [3.05, 3.63) is 47.4 Å². The Bertz CT molecular complexity index is 1140. The number of benzene rings is 1. The monoisotopic (exact) mass is 416 g/mol. The molecule has 2 heterocycles. The number of aromatic amines is 1. The average molecular weight is 416 g/mol. The van der Waals surface area contributed by atoms with Crippen LogP contribution in [0.15, 0.2) is 24.5 Å².